The zero-order valence-corrected chi connectivity index (χ0v) is 20.0. The SMILES string of the molecule is N#C/C(=C\c1ccc(OCc2ccc(Cl)c(Cl)c2)cc1)C(=O)Nc1c(Cl)cc([N+](=O)[O-])cc1Cl. The van der Waals surface area contributed by atoms with Crippen molar-refractivity contribution in [3.63, 3.8) is 0 Å². The third kappa shape index (κ3) is 6.40. The number of anilines is 1. The monoisotopic (exact) mass is 535 g/mol. The van der Waals surface area contributed by atoms with Crippen LogP contribution >= 0.6 is 46.4 Å². The molecule has 0 saturated carbocycles. The molecule has 0 spiro atoms. The minimum Gasteiger partial charge on any atom is -0.489 e. The molecule has 1 amide bonds. The molecule has 0 fully saturated rings. The fourth-order valence-corrected chi connectivity index (χ4v) is 3.63. The van der Waals surface area contributed by atoms with Gasteiger partial charge in [0.25, 0.3) is 11.6 Å². The van der Waals surface area contributed by atoms with Gasteiger partial charge in [-0.3, -0.25) is 14.9 Å². The number of ether oxygens (including phenoxy) is 1. The molecule has 3 aromatic rings. The molecule has 172 valence electrons. The summed E-state index contributed by atoms with van der Waals surface area (Å²) in [4.78, 5) is 22.8. The second-order valence-electron chi connectivity index (χ2n) is 6.77. The molecule has 0 heterocycles. The molecule has 34 heavy (non-hydrogen) atoms. The lowest BCUT2D eigenvalue weighted by Gasteiger charge is -2.09. The van der Waals surface area contributed by atoms with Crippen LogP contribution in [0.2, 0.25) is 20.1 Å². The number of carbonyl (C=O) groups is 1. The van der Waals surface area contributed by atoms with Gasteiger partial charge in [0.2, 0.25) is 0 Å². The number of nitrogens with one attached hydrogen (secondary N) is 1. The van der Waals surface area contributed by atoms with Gasteiger partial charge in [-0.15, -0.1) is 0 Å². The molecule has 0 aliphatic rings. The highest BCUT2D eigenvalue weighted by Crippen LogP contribution is 2.35. The van der Waals surface area contributed by atoms with E-state index >= 15 is 0 Å². The molecule has 11 heteroatoms. The number of halogens is 4. The minimum atomic E-state index is -0.778. The van der Waals surface area contributed by atoms with Crippen LogP contribution in [-0.2, 0) is 11.4 Å². The molecule has 0 unspecified atom stereocenters. The van der Waals surface area contributed by atoms with E-state index in [0.717, 1.165) is 17.7 Å². The number of benzene rings is 3. The molecular formula is C23H13Cl4N3O4. The van der Waals surface area contributed by atoms with Crippen LogP contribution < -0.4 is 10.1 Å². The molecule has 1 N–H and O–H groups in total. The summed E-state index contributed by atoms with van der Waals surface area (Å²) in [5.41, 5.74) is 0.812. The molecule has 0 radical (unpaired) electrons. The molecule has 0 saturated heterocycles. The summed E-state index contributed by atoms with van der Waals surface area (Å²) in [6.45, 7) is 0.273. The van der Waals surface area contributed by atoms with E-state index in [1.54, 1.807) is 42.5 Å². The minimum absolute atomic E-state index is 0.0360. The van der Waals surface area contributed by atoms with E-state index in [2.05, 4.69) is 5.32 Å². The van der Waals surface area contributed by atoms with Crippen molar-refractivity contribution in [3.05, 3.63) is 102 Å². The fraction of sp³-hybridized carbons (Fsp3) is 0.0435. The second-order valence-corrected chi connectivity index (χ2v) is 8.40. The quantitative estimate of drug-likeness (QED) is 0.147. The topological polar surface area (TPSA) is 105 Å². The summed E-state index contributed by atoms with van der Waals surface area (Å²) in [6.07, 6.45) is 1.37. The third-order valence-electron chi connectivity index (χ3n) is 4.42. The number of non-ortho nitro benzene ring substituents is 1. The third-order valence-corrected chi connectivity index (χ3v) is 5.76. The first-order valence-corrected chi connectivity index (χ1v) is 10.9. The fourth-order valence-electron chi connectivity index (χ4n) is 2.74. The van der Waals surface area contributed by atoms with Crippen molar-refractivity contribution < 1.29 is 14.5 Å². The van der Waals surface area contributed by atoms with E-state index < -0.39 is 10.8 Å². The number of hydrogen-bond donors (Lipinski definition) is 1. The van der Waals surface area contributed by atoms with Crippen LogP contribution in [0.5, 0.6) is 5.75 Å². The first-order valence-electron chi connectivity index (χ1n) is 9.41. The number of nitriles is 1. The Morgan fingerprint density at radius 1 is 1.00 bits per heavy atom. The molecule has 0 aliphatic carbocycles. The van der Waals surface area contributed by atoms with E-state index in [1.165, 1.54) is 6.08 Å². The van der Waals surface area contributed by atoms with Gasteiger partial charge in [0.05, 0.1) is 30.7 Å². The summed E-state index contributed by atoms with van der Waals surface area (Å²) in [5.74, 6) is -0.212. The number of nitro groups is 1. The van der Waals surface area contributed by atoms with Gasteiger partial charge in [-0.05, 0) is 41.5 Å². The Bertz CT molecular complexity index is 1310. The molecule has 7 nitrogen and oxygen atoms in total. The van der Waals surface area contributed by atoms with Crippen LogP contribution in [0, 0.1) is 21.4 Å². The van der Waals surface area contributed by atoms with Crippen molar-refractivity contribution in [3.8, 4) is 11.8 Å². The average Bonchev–Trinajstić information content (AvgIpc) is 2.81. The largest absolute Gasteiger partial charge is 0.489 e. The van der Waals surface area contributed by atoms with Crippen molar-refractivity contribution in [1.29, 1.82) is 5.26 Å². The van der Waals surface area contributed by atoms with E-state index in [4.69, 9.17) is 51.1 Å². The van der Waals surface area contributed by atoms with Crippen molar-refractivity contribution in [2.45, 2.75) is 6.61 Å². The first kappa shape index (κ1) is 25.3. The summed E-state index contributed by atoms with van der Waals surface area (Å²) < 4.78 is 5.71. The maximum absolute atomic E-state index is 12.6. The number of nitro benzene ring substituents is 1. The van der Waals surface area contributed by atoms with Gasteiger partial charge in [0.15, 0.2) is 0 Å². The normalized spacial score (nSPS) is 11.0. The van der Waals surface area contributed by atoms with E-state index in [-0.39, 0.29) is 33.6 Å². The average molecular weight is 537 g/mol. The zero-order valence-electron chi connectivity index (χ0n) is 17.0. The van der Waals surface area contributed by atoms with Crippen molar-refractivity contribution in [2.75, 3.05) is 5.32 Å². The Morgan fingerprint density at radius 3 is 2.21 bits per heavy atom. The molecule has 0 atom stereocenters. The van der Waals surface area contributed by atoms with Gasteiger partial charge in [-0.2, -0.15) is 5.26 Å². The van der Waals surface area contributed by atoms with Crippen molar-refractivity contribution in [2.24, 2.45) is 0 Å². The van der Waals surface area contributed by atoms with Crippen LogP contribution in [0.3, 0.4) is 0 Å². The Labute approximate surface area is 214 Å². The smallest absolute Gasteiger partial charge is 0.272 e. The summed E-state index contributed by atoms with van der Waals surface area (Å²) in [7, 11) is 0. The predicted octanol–water partition coefficient (Wildman–Crippen LogP) is 7.33. The maximum atomic E-state index is 12.6. The zero-order chi connectivity index (χ0) is 24.8. The summed E-state index contributed by atoms with van der Waals surface area (Å²) in [5, 5.41) is 23.3. The van der Waals surface area contributed by atoms with Gasteiger partial charge >= 0.3 is 0 Å². The predicted molar refractivity (Wildman–Crippen MR) is 133 cm³/mol. The van der Waals surface area contributed by atoms with Crippen LogP contribution in [-0.4, -0.2) is 10.8 Å². The van der Waals surface area contributed by atoms with E-state index in [0.29, 0.717) is 21.4 Å². The Morgan fingerprint density at radius 2 is 1.65 bits per heavy atom. The maximum Gasteiger partial charge on any atom is 0.272 e. The number of hydrogen-bond acceptors (Lipinski definition) is 5. The molecule has 3 rings (SSSR count). The Balaban J connectivity index is 1.70. The van der Waals surface area contributed by atoms with Crippen LogP contribution in [0.1, 0.15) is 11.1 Å². The summed E-state index contributed by atoms with van der Waals surface area (Å²) >= 11 is 23.9. The number of amides is 1. The Hall–Kier alpha value is -3.28. The molecule has 3 aromatic carbocycles. The number of rotatable bonds is 7. The number of carbonyl (C=O) groups excluding carboxylic acids is 1. The highest BCUT2D eigenvalue weighted by atomic mass is 35.5. The van der Waals surface area contributed by atoms with Crippen LogP contribution in [0.15, 0.2) is 60.2 Å². The molecule has 0 bridgehead atoms. The molecule has 0 aromatic heterocycles. The van der Waals surface area contributed by atoms with E-state index in [1.807, 2.05) is 6.07 Å². The second kappa shape index (κ2) is 11.2. The van der Waals surface area contributed by atoms with Crippen molar-refractivity contribution >= 4 is 69.8 Å². The molecule has 0 aliphatic heterocycles. The lowest BCUT2D eigenvalue weighted by molar-refractivity contribution is -0.384. The lowest BCUT2D eigenvalue weighted by Crippen LogP contribution is -2.14. The van der Waals surface area contributed by atoms with Gasteiger partial charge < -0.3 is 10.1 Å². The highest BCUT2D eigenvalue weighted by Gasteiger charge is 2.18. The standard InChI is InChI=1S/C23H13Cl4N3O4/c24-18-6-3-14(8-19(18)25)12-34-17-4-1-13(2-5-17)7-15(11-28)23(31)29-22-20(26)9-16(30(32)33)10-21(22)27/h1-10H,12H2,(H,29,31)/b15-7+. The number of nitrogens with zero attached hydrogens (tertiary/aromatic N) is 2. The van der Waals surface area contributed by atoms with Gasteiger partial charge in [0.1, 0.15) is 24.0 Å². The van der Waals surface area contributed by atoms with Gasteiger partial charge in [-0.1, -0.05) is 64.6 Å². The van der Waals surface area contributed by atoms with Crippen molar-refractivity contribution in [1.82, 2.24) is 0 Å². The lowest BCUT2D eigenvalue weighted by atomic mass is 10.1. The first-order chi connectivity index (χ1) is 16.2. The van der Waals surface area contributed by atoms with Crippen LogP contribution in [0.25, 0.3) is 6.08 Å². The molecular weight excluding hydrogens is 524 g/mol. The van der Waals surface area contributed by atoms with Gasteiger partial charge in [-0.25, -0.2) is 0 Å². The Kier molecular flexibility index (Phi) is 8.37. The van der Waals surface area contributed by atoms with E-state index in [9.17, 15) is 20.2 Å². The van der Waals surface area contributed by atoms with Crippen LogP contribution in [0.4, 0.5) is 11.4 Å². The highest BCUT2D eigenvalue weighted by molar-refractivity contribution is 6.42. The summed E-state index contributed by atoms with van der Waals surface area (Å²) in [6, 6.07) is 15.8. The van der Waals surface area contributed by atoms with Gasteiger partial charge in [0, 0.05) is 12.1 Å².